The van der Waals surface area contributed by atoms with Crippen molar-refractivity contribution in [1.82, 2.24) is 9.88 Å². The van der Waals surface area contributed by atoms with Gasteiger partial charge in [0.25, 0.3) is 5.91 Å². The van der Waals surface area contributed by atoms with Crippen molar-refractivity contribution in [2.45, 2.75) is 32.9 Å². The van der Waals surface area contributed by atoms with E-state index in [1.807, 2.05) is 49.3 Å². The van der Waals surface area contributed by atoms with Gasteiger partial charge in [0.2, 0.25) is 5.43 Å². The molecule has 7 nitrogen and oxygen atoms in total. The van der Waals surface area contributed by atoms with E-state index in [0.29, 0.717) is 25.1 Å². The molecule has 3 aromatic rings. The minimum absolute atomic E-state index is 0.182. The zero-order valence-electron chi connectivity index (χ0n) is 20.3. The van der Waals surface area contributed by atoms with Crippen LogP contribution in [0.5, 0.6) is 0 Å². The Balaban J connectivity index is 1.81. The van der Waals surface area contributed by atoms with E-state index in [9.17, 15) is 9.59 Å². The Bertz CT molecular complexity index is 1200. The molecule has 1 aromatic heterocycles. The van der Waals surface area contributed by atoms with Crippen LogP contribution in [0.4, 0.5) is 11.4 Å². The predicted molar refractivity (Wildman–Crippen MR) is 138 cm³/mol. The van der Waals surface area contributed by atoms with Gasteiger partial charge >= 0.3 is 0 Å². The Labute approximate surface area is 200 Å². The van der Waals surface area contributed by atoms with Gasteiger partial charge < -0.3 is 24.4 Å². The van der Waals surface area contributed by atoms with E-state index < -0.39 is 0 Å². The van der Waals surface area contributed by atoms with Crippen molar-refractivity contribution in [2.24, 2.45) is 0 Å². The van der Waals surface area contributed by atoms with Gasteiger partial charge in [-0.2, -0.15) is 0 Å². The normalized spacial score (nSPS) is 13.8. The third-order valence-corrected chi connectivity index (χ3v) is 6.30. The van der Waals surface area contributed by atoms with Gasteiger partial charge in [0, 0.05) is 52.2 Å². The summed E-state index contributed by atoms with van der Waals surface area (Å²) in [5.41, 5.74) is 3.71. The number of fused-ring (bicyclic) bond motifs is 1. The fourth-order valence-electron chi connectivity index (χ4n) is 4.38. The molecule has 2 heterocycles. The van der Waals surface area contributed by atoms with Gasteiger partial charge in [0.05, 0.1) is 29.8 Å². The fraction of sp³-hybridized carbons (Fsp3) is 0.407. The number of nitrogens with one attached hydrogen (secondary N) is 1. The number of aryl methyl sites for hydroxylation is 1. The summed E-state index contributed by atoms with van der Waals surface area (Å²) in [6.07, 6.45) is 3.72. The molecule has 0 spiro atoms. The number of carbonyl (C=O) groups is 1. The Morgan fingerprint density at radius 2 is 1.85 bits per heavy atom. The third kappa shape index (κ3) is 5.09. The number of rotatable bonds is 8. The maximum absolute atomic E-state index is 13.7. The summed E-state index contributed by atoms with van der Waals surface area (Å²) in [5.74, 6) is -0.344. The highest BCUT2D eigenvalue weighted by atomic mass is 16.5. The van der Waals surface area contributed by atoms with Crippen molar-refractivity contribution in [3.63, 3.8) is 0 Å². The van der Waals surface area contributed by atoms with E-state index in [0.717, 1.165) is 54.9 Å². The lowest BCUT2D eigenvalue weighted by atomic mass is 10.1. The number of ether oxygens (including phenoxy) is 1. The second-order valence-electron chi connectivity index (χ2n) is 8.94. The summed E-state index contributed by atoms with van der Waals surface area (Å²) in [5, 5.41) is 3.52. The van der Waals surface area contributed by atoms with Crippen LogP contribution in [0.2, 0.25) is 0 Å². The van der Waals surface area contributed by atoms with Gasteiger partial charge in [-0.05, 0) is 24.1 Å². The van der Waals surface area contributed by atoms with Gasteiger partial charge in [-0.1, -0.05) is 43.7 Å². The molecule has 0 bridgehead atoms. The number of aromatic nitrogens is 1. The molecule has 1 aliphatic heterocycles. The Morgan fingerprint density at radius 3 is 2.53 bits per heavy atom. The maximum atomic E-state index is 13.7. The molecule has 0 saturated carbocycles. The van der Waals surface area contributed by atoms with Crippen LogP contribution in [0.1, 0.15) is 35.7 Å². The summed E-state index contributed by atoms with van der Waals surface area (Å²) in [6, 6.07) is 13.9. The highest BCUT2D eigenvalue weighted by Gasteiger charge is 2.21. The molecule has 1 amide bonds. The Hall–Kier alpha value is -3.32. The van der Waals surface area contributed by atoms with E-state index in [1.165, 1.54) is 0 Å². The summed E-state index contributed by atoms with van der Waals surface area (Å²) < 4.78 is 7.61. The van der Waals surface area contributed by atoms with Gasteiger partial charge in [-0.15, -0.1) is 0 Å². The summed E-state index contributed by atoms with van der Waals surface area (Å²) in [7, 11) is 3.88. The number of morpholine rings is 1. The first kappa shape index (κ1) is 23.8. The summed E-state index contributed by atoms with van der Waals surface area (Å²) in [6.45, 7) is 6.28. The summed E-state index contributed by atoms with van der Waals surface area (Å²) in [4.78, 5) is 31.1. The van der Waals surface area contributed by atoms with Crippen LogP contribution in [-0.4, -0.2) is 50.9 Å². The monoisotopic (exact) mass is 462 g/mol. The summed E-state index contributed by atoms with van der Waals surface area (Å²) >= 11 is 0. The van der Waals surface area contributed by atoms with E-state index in [2.05, 4.69) is 33.8 Å². The first-order valence-electron chi connectivity index (χ1n) is 12.0. The van der Waals surface area contributed by atoms with Crippen molar-refractivity contribution in [1.29, 1.82) is 0 Å². The number of hydrogen-bond acceptors (Lipinski definition) is 5. The van der Waals surface area contributed by atoms with Crippen LogP contribution >= 0.6 is 0 Å². The third-order valence-electron chi connectivity index (χ3n) is 6.30. The second kappa shape index (κ2) is 10.7. The van der Waals surface area contributed by atoms with E-state index in [4.69, 9.17) is 4.74 Å². The Morgan fingerprint density at radius 1 is 1.12 bits per heavy atom. The SMILES string of the molecule is CCCCn1cc(C(=O)NCc2ccccc2)c(=O)c2c(N(C)C)cc(N3CCOCC3)cc21. The number of amides is 1. The molecule has 180 valence electrons. The molecular formula is C27H34N4O3. The molecule has 0 atom stereocenters. The van der Waals surface area contributed by atoms with Gasteiger partial charge in [0.1, 0.15) is 5.56 Å². The van der Waals surface area contributed by atoms with Crippen molar-refractivity contribution in [3.05, 3.63) is 70.0 Å². The number of carbonyl (C=O) groups excluding carboxylic acids is 1. The van der Waals surface area contributed by atoms with Crippen molar-refractivity contribution >= 4 is 28.2 Å². The quantitative estimate of drug-likeness (QED) is 0.554. The fourth-order valence-corrected chi connectivity index (χ4v) is 4.38. The number of hydrogen-bond donors (Lipinski definition) is 1. The van der Waals surface area contributed by atoms with Crippen LogP contribution in [-0.2, 0) is 17.8 Å². The minimum Gasteiger partial charge on any atom is -0.378 e. The van der Waals surface area contributed by atoms with Crippen LogP contribution in [0, 0.1) is 0 Å². The van der Waals surface area contributed by atoms with Crippen LogP contribution in [0.3, 0.4) is 0 Å². The number of pyridine rings is 1. The zero-order valence-corrected chi connectivity index (χ0v) is 20.3. The van der Waals surface area contributed by atoms with Gasteiger partial charge in [-0.25, -0.2) is 0 Å². The van der Waals surface area contributed by atoms with Gasteiger partial charge in [-0.3, -0.25) is 9.59 Å². The number of nitrogens with zero attached hydrogens (tertiary/aromatic N) is 3. The minimum atomic E-state index is -0.344. The van der Waals surface area contributed by atoms with Crippen molar-refractivity contribution in [3.8, 4) is 0 Å². The topological polar surface area (TPSA) is 66.8 Å². The molecule has 1 N–H and O–H groups in total. The molecule has 0 radical (unpaired) electrons. The first-order chi connectivity index (χ1) is 16.5. The van der Waals surface area contributed by atoms with E-state index in [1.54, 1.807) is 6.20 Å². The van der Waals surface area contributed by atoms with Crippen LogP contribution in [0.25, 0.3) is 10.9 Å². The first-order valence-corrected chi connectivity index (χ1v) is 12.0. The molecule has 34 heavy (non-hydrogen) atoms. The highest BCUT2D eigenvalue weighted by molar-refractivity contribution is 6.02. The van der Waals surface area contributed by atoms with E-state index in [-0.39, 0.29) is 16.9 Å². The standard InChI is InChI=1S/C27H34N4O3/c1-4-5-11-31-19-22(27(33)28-18-20-9-7-6-8-10-20)26(32)25-23(29(2)3)16-21(17-24(25)31)30-12-14-34-15-13-30/h6-10,16-17,19H,4-5,11-15,18H2,1-3H3,(H,28,33). The molecular weight excluding hydrogens is 428 g/mol. The lowest BCUT2D eigenvalue weighted by Gasteiger charge is -2.30. The zero-order chi connectivity index (χ0) is 24.1. The molecule has 1 aliphatic rings. The largest absolute Gasteiger partial charge is 0.378 e. The highest BCUT2D eigenvalue weighted by Crippen LogP contribution is 2.31. The lowest BCUT2D eigenvalue weighted by molar-refractivity contribution is 0.0949. The molecule has 7 heteroatoms. The number of unbranched alkanes of at least 4 members (excludes halogenated alkanes) is 1. The van der Waals surface area contributed by atoms with Crippen LogP contribution in [0.15, 0.2) is 53.5 Å². The van der Waals surface area contributed by atoms with Gasteiger partial charge in [0.15, 0.2) is 0 Å². The predicted octanol–water partition coefficient (Wildman–Crippen LogP) is 3.63. The number of anilines is 2. The molecule has 0 unspecified atom stereocenters. The van der Waals surface area contributed by atoms with E-state index >= 15 is 0 Å². The van der Waals surface area contributed by atoms with Crippen molar-refractivity contribution in [2.75, 3.05) is 50.2 Å². The molecule has 1 saturated heterocycles. The molecule has 2 aromatic carbocycles. The number of benzene rings is 2. The van der Waals surface area contributed by atoms with Crippen LogP contribution < -0.4 is 20.5 Å². The molecule has 0 aliphatic carbocycles. The lowest BCUT2D eigenvalue weighted by Crippen LogP contribution is -2.36. The van der Waals surface area contributed by atoms with Crippen molar-refractivity contribution < 1.29 is 9.53 Å². The second-order valence-corrected chi connectivity index (χ2v) is 8.94. The average molecular weight is 463 g/mol. The maximum Gasteiger partial charge on any atom is 0.257 e. The molecule has 1 fully saturated rings. The average Bonchev–Trinajstić information content (AvgIpc) is 2.87. The smallest absolute Gasteiger partial charge is 0.257 e. The Kier molecular flexibility index (Phi) is 7.53. The molecule has 4 rings (SSSR count).